The number of hydrogen-bond donors (Lipinski definition) is 0. The molecule has 0 bridgehead atoms. The van der Waals surface area contributed by atoms with Crippen LogP contribution < -0.4 is 0 Å². The van der Waals surface area contributed by atoms with Crippen molar-refractivity contribution in [3.8, 4) is 0 Å². The van der Waals surface area contributed by atoms with Crippen LogP contribution in [0.25, 0.3) is 0 Å². The van der Waals surface area contributed by atoms with Crippen LogP contribution in [0.1, 0.15) is 419 Å². The molecule has 1 unspecified atom stereocenters. The first-order chi connectivity index (χ1) is 40.0. The van der Waals surface area contributed by atoms with Gasteiger partial charge in [-0.25, -0.2) is 0 Å². The normalized spacial score (nSPS) is 12.1. The van der Waals surface area contributed by atoms with Gasteiger partial charge in [-0.2, -0.15) is 0 Å². The van der Waals surface area contributed by atoms with Crippen molar-refractivity contribution in [1.29, 1.82) is 0 Å². The summed E-state index contributed by atoms with van der Waals surface area (Å²) in [5.74, 6) is -0.834. The number of rotatable bonds is 69. The summed E-state index contributed by atoms with van der Waals surface area (Å²) in [4.78, 5) is 38.4. The molecule has 0 amide bonds. The van der Waals surface area contributed by atoms with Crippen LogP contribution in [0, 0.1) is 0 Å². The summed E-state index contributed by atoms with van der Waals surface area (Å²) < 4.78 is 17.0. The number of carbonyl (C=O) groups excluding carboxylic acids is 3. The van der Waals surface area contributed by atoms with Gasteiger partial charge in [0.2, 0.25) is 0 Å². The van der Waals surface area contributed by atoms with E-state index in [4.69, 9.17) is 14.2 Å². The summed E-state index contributed by atoms with van der Waals surface area (Å²) >= 11 is 0. The molecule has 0 heterocycles. The molecule has 1 atom stereocenters. The number of carbonyl (C=O) groups is 3. The Hall–Kier alpha value is -2.11. The van der Waals surface area contributed by atoms with Crippen molar-refractivity contribution >= 4 is 17.9 Å². The Morgan fingerprint density at radius 1 is 0.235 bits per heavy atom. The maximum absolute atomic E-state index is 12.9. The van der Waals surface area contributed by atoms with Crippen LogP contribution in [-0.4, -0.2) is 37.2 Å². The molecule has 0 fully saturated rings. The highest BCUT2D eigenvalue weighted by molar-refractivity contribution is 5.71. The molecule has 0 aromatic carbocycles. The van der Waals surface area contributed by atoms with E-state index in [0.717, 1.165) is 57.8 Å². The average Bonchev–Trinajstić information content (AvgIpc) is 3.46. The molecular formula is C75H142O6. The molecule has 478 valence electrons. The molecule has 0 rings (SSSR count). The number of esters is 3. The van der Waals surface area contributed by atoms with Gasteiger partial charge in [0.25, 0.3) is 0 Å². The second-order valence-electron chi connectivity index (χ2n) is 25.2. The van der Waals surface area contributed by atoms with Crippen LogP contribution in [-0.2, 0) is 28.6 Å². The van der Waals surface area contributed by atoms with Crippen molar-refractivity contribution in [3.63, 3.8) is 0 Å². The third kappa shape index (κ3) is 68.6. The van der Waals surface area contributed by atoms with Crippen LogP contribution in [0.4, 0.5) is 0 Å². The topological polar surface area (TPSA) is 78.9 Å². The summed E-state index contributed by atoms with van der Waals surface area (Å²) in [5.41, 5.74) is 0. The van der Waals surface area contributed by atoms with E-state index < -0.39 is 6.10 Å². The molecule has 0 aliphatic carbocycles. The monoisotopic (exact) mass is 1140 g/mol. The minimum absolute atomic E-state index is 0.0653. The zero-order valence-electron chi connectivity index (χ0n) is 55.1. The van der Waals surface area contributed by atoms with E-state index >= 15 is 0 Å². The minimum atomic E-state index is -0.769. The average molecular weight is 1140 g/mol. The van der Waals surface area contributed by atoms with Crippen molar-refractivity contribution in [1.82, 2.24) is 0 Å². The number of unbranched alkanes of at least 4 members (excludes halogenated alkanes) is 54. The van der Waals surface area contributed by atoms with Gasteiger partial charge in [-0.3, -0.25) is 14.4 Å². The Bertz CT molecular complexity index is 1310. The Morgan fingerprint density at radius 2 is 0.407 bits per heavy atom. The summed E-state index contributed by atoms with van der Waals surface area (Å²) in [6.07, 6.45) is 86.5. The van der Waals surface area contributed by atoms with E-state index in [1.54, 1.807) is 0 Å². The summed E-state index contributed by atoms with van der Waals surface area (Å²) in [6, 6.07) is 0. The highest BCUT2D eigenvalue weighted by Crippen LogP contribution is 2.19. The Morgan fingerprint density at radius 3 is 0.617 bits per heavy atom. The van der Waals surface area contributed by atoms with Gasteiger partial charge >= 0.3 is 17.9 Å². The van der Waals surface area contributed by atoms with Crippen LogP contribution in [0.5, 0.6) is 0 Å². The van der Waals surface area contributed by atoms with Gasteiger partial charge in [0.15, 0.2) is 6.10 Å². The Balaban J connectivity index is 4.14. The Kier molecular flexibility index (Phi) is 68.5. The first-order valence-electron chi connectivity index (χ1n) is 36.8. The molecule has 0 saturated heterocycles. The maximum Gasteiger partial charge on any atom is 0.306 e. The molecule has 0 aromatic rings. The van der Waals surface area contributed by atoms with Crippen LogP contribution in [0.3, 0.4) is 0 Å². The largest absolute Gasteiger partial charge is 0.462 e. The smallest absolute Gasteiger partial charge is 0.306 e. The van der Waals surface area contributed by atoms with Gasteiger partial charge < -0.3 is 14.2 Å². The Labute approximate surface area is 506 Å². The van der Waals surface area contributed by atoms with E-state index in [0.29, 0.717) is 19.3 Å². The first-order valence-corrected chi connectivity index (χ1v) is 36.8. The fraction of sp³-hybridized carbons (Fsp3) is 0.907. The molecule has 81 heavy (non-hydrogen) atoms. The van der Waals surface area contributed by atoms with Crippen molar-refractivity contribution < 1.29 is 28.6 Å². The fourth-order valence-corrected chi connectivity index (χ4v) is 11.4. The predicted molar refractivity (Wildman–Crippen MR) is 353 cm³/mol. The zero-order valence-corrected chi connectivity index (χ0v) is 55.1. The van der Waals surface area contributed by atoms with Crippen molar-refractivity contribution in [2.45, 2.75) is 425 Å². The van der Waals surface area contributed by atoms with Crippen molar-refractivity contribution in [2.75, 3.05) is 13.2 Å². The zero-order chi connectivity index (χ0) is 58.5. The van der Waals surface area contributed by atoms with Gasteiger partial charge in [-0.15, -0.1) is 0 Å². The van der Waals surface area contributed by atoms with Gasteiger partial charge in [-0.05, 0) is 70.6 Å². The highest BCUT2D eigenvalue weighted by Gasteiger charge is 2.20. The van der Waals surface area contributed by atoms with Crippen molar-refractivity contribution in [2.24, 2.45) is 0 Å². The van der Waals surface area contributed by atoms with Crippen LogP contribution >= 0.6 is 0 Å². The standard InChI is InChI=1S/C75H142O6/c1-4-7-10-13-16-19-22-25-27-29-31-32-33-34-35-36-37-38-39-40-41-42-44-45-47-50-53-56-59-62-65-68-74(77)80-71-72(70-79-73(76)67-64-61-58-55-52-49-24-21-18-15-12-9-6-3)81-75(78)69-66-63-60-57-54-51-48-46-43-30-28-26-23-20-17-14-11-8-5-2/h26,28-29,31,72H,4-25,27,30,32-71H2,1-3H3/b28-26-,31-29-. The molecule has 0 radical (unpaired) electrons. The highest BCUT2D eigenvalue weighted by atomic mass is 16.6. The van der Waals surface area contributed by atoms with Gasteiger partial charge in [0.1, 0.15) is 13.2 Å². The lowest BCUT2D eigenvalue weighted by atomic mass is 10.0. The second kappa shape index (κ2) is 70.4. The molecule has 0 spiro atoms. The lowest BCUT2D eigenvalue weighted by Crippen LogP contribution is -2.30. The van der Waals surface area contributed by atoms with Gasteiger partial charge in [0, 0.05) is 19.3 Å². The number of allylic oxidation sites excluding steroid dienone is 4. The number of ether oxygens (including phenoxy) is 3. The predicted octanol–water partition coefficient (Wildman–Crippen LogP) is 25.3. The molecule has 6 heteroatoms. The van der Waals surface area contributed by atoms with Crippen molar-refractivity contribution in [3.05, 3.63) is 24.3 Å². The molecule has 0 saturated carbocycles. The van der Waals surface area contributed by atoms with Crippen LogP contribution in [0.2, 0.25) is 0 Å². The quantitative estimate of drug-likeness (QED) is 0.0261. The third-order valence-corrected chi connectivity index (χ3v) is 16.9. The summed E-state index contributed by atoms with van der Waals surface area (Å²) in [6.45, 7) is 6.71. The van der Waals surface area contributed by atoms with E-state index in [9.17, 15) is 14.4 Å². The second-order valence-corrected chi connectivity index (χ2v) is 25.2. The number of hydrogen-bond acceptors (Lipinski definition) is 6. The van der Waals surface area contributed by atoms with E-state index in [2.05, 4.69) is 45.1 Å². The molecular weight excluding hydrogens is 997 g/mol. The molecule has 0 N–H and O–H groups in total. The van der Waals surface area contributed by atoms with E-state index in [1.807, 2.05) is 0 Å². The molecule has 0 aromatic heterocycles. The molecule has 0 aliphatic rings. The summed E-state index contributed by atoms with van der Waals surface area (Å²) in [5, 5.41) is 0. The SMILES string of the molecule is CCCCCCCC/C=C\CCCCCCCCCCCC(=O)OC(COC(=O)CCCCCCCCCCCCCCC)COC(=O)CCCCCCCCCCCCCCCCCCCCC/C=C\CCCCCCCCCC. The van der Waals surface area contributed by atoms with Gasteiger partial charge in [0.05, 0.1) is 0 Å². The van der Waals surface area contributed by atoms with E-state index in [1.165, 1.54) is 321 Å². The van der Waals surface area contributed by atoms with Crippen LogP contribution in [0.15, 0.2) is 24.3 Å². The molecule has 0 aliphatic heterocycles. The maximum atomic E-state index is 12.9. The van der Waals surface area contributed by atoms with E-state index in [-0.39, 0.29) is 31.1 Å². The third-order valence-electron chi connectivity index (χ3n) is 16.9. The van der Waals surface area contributed by atoms with Gasteiger partial charge in [-0.1, -0.05) is 353 Å². The lowest BCUT2D eigenvalue weighted by Gasteiger charge is -2.18. The summed E-state index contributed by atoms with van der Waals surface area (Å²) in [7, 11) is 0. The minimum Gasteiger partial charge on any atom is -0.462 e. The fourth-order valence-electron chi connectivity index (χ4n) is 11.4. The first kappa shape index (κ1) is 78.9. The molecule has 6 nitrogen and oxygen atoms in total. The lowest BCUT2D eigenvalue weighted by molar-refractivity contribution is -0.167.